The van der Waals surface area contributed by atoms with Crippen LogP contribution in [0.1, 0.15) is 55.2 Å². The van der Waals surface area contributed by atoms with E-state index in [9.17, 15) is 0 Å². The van der Waals surface area contributed by atoms with E-state index in [4.69, 9.17) is 5.26 Å². The summed E-state index contributed by atoms with van der Waals surface area (Å²) >= 11 is 0. The number of hydrogen-bond acceptors (Lipinski definition) is 1. The molecule has 1 aromatic carbocycles. The van der Waals surface area contributed by atoms with E-state index in [-0.39, 0.29) is 0 Å². The predicted octanol–water partition coefficient (Wildman–Crippen LogP) is 4.02. The summed E-state index contributed by atoms with van der Waals surface area (Å²) in [5, 5.41) is 8.97. The molecule has 1 heteroatoms. The average molecular weight is 225 g/mol. The summed E-state index contributed by atoms with van der Waals surface area (Å²) in [6.07, 6.45) is 6.70. The molecule has 3 unspecified atom stereocenters. The van der Waals surface area contributed by atoms with Gasteiger partial charge >= 0.3 is 0 Å². The first kappa shape index (κ1) is 10.8. The smallest absolute Gasteiger partial charge is 0.0991 e. The highest BCUT2D eigenvalue weighted by molar-refractivity contribution is 5.41. The minimum absolute atomic E-state index is 0.773. The van der Waals surface area contributed by atoms with Crippen LogP contribution in [0.25, 0.3) is 0 Å². The van der Waals surface area contributed by atoms with Gasteiger partial charge in [-0.15, -0.1) is 0 Å². The van der Waals surface area contributed by atoms with Crippen LogP contribution >= 0.6 is 0 Å². The molecule has 88 valence electrons. The molecule has 17 heavy (non-hydrogen) atoms. The molecule has 0 saturated heterocycles. The Labute approximate surface area is 103 Å². The molecule has 1 saturated carbocycles. The largest absolute Gasteiger partial charge is 0.192 e. The maximum atomic E-state index is 8.97. The van der Waals surface area contributed by atoms with Crippen molar-refractivity contribution in [2.24, 2.45) is 11.8 Å². The zero-order chi connectivity index (χ0) is 11.8. The summed E-state index contributed by atoms with van der Waals surface area (Å²) in [5.41, 5.74) is 3.83. The van der Waals surface area contributed by atoms with Crippen molar-refractivity contribution in [1.29, 1.82) is 5.26 Å². The van der Waals surface area contributed by atoms with Crippen molar-refractivity contribution in [1.82, 2.24) is 0 Å². The van der Waals surface area contributed by atoms with Crippen molar-refractivity contribution in [3.05, 3.63) is 34.9 Å². The fourth-order valence-corrected chi connectivity index (χ4v) is 3.88. The summed E-state index contributed by atoms with van der Waals surface area (Å²) < 4.78 is 0. The van der Waals surface area contributed by atoms with Crippen LogP contribution in [0, 0.1) is 23.2 Å². The normalized spacial score (nSPS) is 30.5. The van der Waals surface area contributed by atoms with Crippen molar-refractivity contribution < 1.29 is 0 Å². The lowest BCUT2D eigenvalue weighted by Gasteiger charge is -2.40. The zero-order valence-corrected chi connectivity index (χ0v) is 10.4. The summed E-state index contributed by atoms with van der Waals surface area (Å²) in [6.45, 7) is 2.32. The van der Waals surface area contributed by atoms with Gasteiger partial charge in [0.15, 0.2) is 0 Å². The maximum Gasteiger partial charge on any atom is 0.0991 e. The van der Waals surface area contributed by atoms with Gasteiger partial charge in [0.1, 0.15) is 0 Å². The first-order chi connectivity index (χ1) is 8.30. The molecule has 0 aromatic heterocycles. The number of benzene rings is 1. The fourth-order valence-electron chi connectivity index (χ4n) is 3.88. The molecule has 1 nitrogen and oxygen atoms in total. The summed E-state index contributed by atoms with van der Waals surface area (Å²) in [6, 6.07) is 8.60. The van der Waals surface area contributed by atoms with Gasteiger partial charge in [-0.25, -0.2) is 0 Å². The third-order valence-electron chi connectivity index (χ3n) is 4.70. The molecule has 2 aliphatic rings. The summed E-state index contributed by atoms with van der Waals surface area (Å²) in [5.74, 6) is 2.58. The van der Waals surface area contributed by atoms with E-state index in [2.05, 4.69) is 25.1 Å². The van der Waals surface area contributed by atoms with Crippen LogP contribution in [-0.4, -0.2) is 0 Å². The van der Waals surface area contributed by atoms with Crippen LogP contribution in [0.4, 0.5) is 0 Å². The molecule has 1 aromatic rings. The second-order valence-electron chi connectivity index (χ2n) is 5.77. The average Bonchev–Trinajstić information content (AvgIpc) is 2.37. The van der Waals surface area contributed by atoms with Gasteiger partial charge in [0.25, 0.3) is 0 Å². The Bertz CT molecular complexity index is 469. The Morgan fingerprint density at radius 2 is 2.18 bits per heavy atom. The predicted molar refractivity (Wildman–Crippen MR) is 68.7 cm³/mol. The molecule has 0 amide bonds. The summed E-state index contributed by atoms with van der Waals surface area (Å²) in [4.78, 5) is 0. The molecule has 0 spiro atoms. The van der Waals surface area contributed by atoms with Gasteiger partial charge in [-0.05, 0) is 66.7 Å². The van der Waals surface area contributed by atoms with Crippen LogP contribution in [0.3, 0.4) is 0 Å². The van der Waals surface area contributed by atoms with Crippen LogP contribution in [0.5, 0.6) is 0 Å². The second-order valence-corrected chi connectivity index (χ2v) is 5.77. The topological polar surface area (TPSA) is 23.8 Å². The molecule has 2 bridgehead atoms. The van der Waals surface area contributed by atoms with E-state index in [1.165, 1.54) is 37.7 Å². The monoisotopic (exact) mass is 225 g/mol. The van der Waals surface area contributed by atoms with E-state index >= 15 is 0 Å². The van der Waals surface area contributed by atoms with Crippen LogP contribution in [-0.2, 0) is 6.42 Å². The van der Waals surface area contributed by atoms with Crippen molar-refractivity contribution in [2.75, 3.05) is 0 Å². The number of hydrogen-bond donors (Lipinski definition) is 0. The fraction of sp³-hybridized carbons (Fsp3) is 0.562. The number of nitriles is 1. The van der Waals surface area contributed by atoms with Gasteiger partial charge in [-0.1, -0.05) is 19.4 Å². The molecule has 0 radical (unpaired) electrons. The van der Waals surface area contributed by atoms with Gasteiger partial charge in [-0.3, -0.25) is 0 Å². The standard InChI is InChI=1S/C16H19N/c1-2-11-5-13-8-14(6-11)16-4-3-12(10-17)7-15(16)9-13/h3-4,7,11,13-14H,2,5-6,8-9H2,1H3. The van der Waals surface area contributed by atoms with E-state index < -0.39 is 0 Å². The first-order valence-corrected chi connectivity index (χ1v) is 6.83. The lowest BCUT2D eigenvalue weighted by atomic mass is 9.65. The van der Waals surface area contributed by atoms with E-state index in [0.717, 1.165) is 23.3 Å². The molecular formula is C16H19N. The second kappa shape index (κ2) is 4.18. The molecular weight excluding hydrogens is 206 g/mol. The minimum atomic E-state index is 0.773. The van der Waals surface area contributed by atoms with E-state index in [1.54, 1.807) is 5.56 Å². The van der Waals surface area contributed by atoms with Gasteiger partial charge in [0, 0.05) is 0 Å². The number of nitrogens with zero attached hydrogens (tertiary/aromatic N) is 1. The zero-order valence-electron chi connectivity index (χ0n) is 10.4. The van der Waals surface area contributed by atoms with Gasteiger partial charge < -0.3 is 0 Å². The third kappa shape index (κ3) is 1.86. The highest BCUT2D eigenvalue weighted by Crippen LogP contribution is 2.47. The van der Waals surface area contributed by atoms with Crippen LogP contribution < -0.4 is 0 Å². The Hall–Kier alpha value is -1.29. The Morgan fingerprint density at radius 3 is 2.94 bits per heavy atom. The molecule has 0 heterocycles. The van der Waals surface area contributed by atoms with Crippen molar-refractivity contribution in [2.45, 2.75) is 44.9 Å². The third-order valence-corrected chi connectivity index (χ3v) is 4.70. The Kier molecular flexibility index (Phi) is 2.67. The SMILES string of the molecule is CCC1CC2Cc3cc(C#N)ccc3C(C1)C2. The molecule has 3 rings (SSSR count). The summed E-state index contributed by atoms with van der Waals surface area (Å²) in [7, 11) is 0. The minimum Gasteiger partial charge on any atom is -0.192 e. The van der Waals surface area contributed by atoms with E-state index in [0.29, 0.717) is 0 Å². The Morgan fingerprint density at radius 1 is 1.29 bits per heavy atom. The van der Waals surface area contributed by atoms with Crippen molar-refractivity contribution in [3.63, 3.8) is 0 Å². The molecule has 2 aliphatic carbocycles. The van der Waals surface area contributed by atoms with Gasteiger partial charge in [0.2, 0.25) is 0 Å². The molecule has 1 fully saturated rings. The molecule has 0 aliphatic heterocycles. The first-order valence-electron chi connectivity index (χ1n) is 6.83. The van der Waals surface area contributed by atoms with Crippen molar-refractivity contribution in [3.8, 4) is 6.07 Å². The quantitative estimate of drug-likeness (QED) is 0.708. The molecule has 0 N–H and O–H groups in total. The highest BCUT2D eigenvalue weighted by atomic mass is 14.4. The lowest BCUT2D eigenvalue weighted by molar-refractivity contribution is 0.217. The van der Waals surface area contributed by atoms with Crippen LogP contribution in [0.2, 0.25) is 0 Å². The van der Waals surface area contributed by atoms with Gasteiger partial charge in [0.05, 0.1) is 11.6 Å². The van der Waals surface area contributed by atoms with Crippen LogP contribution in [0.15, 0.2) is 18.2 Å². The van der Waals surface area contributed by atoms with E-state index in [1.807, 2.05) is 6.07 Å². The number of fused-ring (bicyclic) bond motifs is 4. The number of rotatable bonds is 1. The maximum absolute atomic E-state index is 8.97. The Balaban J connectivity index is 1.96. The van der Waals surface area contributed by atoms with Gasteiger partial charge in [-0.2, -0.15) is 5.26 Å². The van der Waals surface area contributed by atoms with Crippen molar-refractivity contribution >= 4 is 0 Å². The highest BCUT2D eigenvalue weighted by Gasteiger charge is 2.34. The molecule has 3 atom stereocenters. The lowest BCUT2D eigenvalue weighted by Crippen LogP contribution is -2.28.